The molecule has 0 saturated carbocycles. The van der Waals surface area contributed by atoms with E-state index in [0.29, 0.717) is 12.1 Å². The molecule has 0 aliphatic carbocycles. The number of likely N-dealkylation sites (N-methyl/N-ethyl adjacent to an activating group) is 1. The van der Waals surface area contributed by atoms with E-state index in [1.807, 2.05) is 26.8 Å². The predicted molar refractivity (Wildman–Crippen MR) is 95.6 cm³/mol. The number of carbonyl (C=O) groups is 1. The van der Waals surface area contributed by atoms with Crippen LogP contribution in [0.15, 0.2) is 30.3 Å². The molecule has 0 radical (unpaired) electrons. The number of carbonyl (C=O) groups excluding carboxylic acids is 1. The number of aryl methyl sites for hydroxylation is 2. The standard InChI is InChI=1S/C20H24FNO3/c1-13-8-14(2)15(3)19(9-13)25-12-20(23)22(4)11-16-6-7-18(24-5)17(21)10-16/h6-10H,11-12H2,1-5H3. The van der Waals surface area contributed by atoms with E-state index >= 15 is 0 Å². The summed E-state index contributed by atoms with van der Waals surface area (Å²) in [4.78, 5) is 13.8. The molecule has 0 aliphatic heterocycles. The van der Waals surface area contributed by atoms with Crippen molar-refractivity contribution in [3.63, 3.8) is 0 Å². The van der Waals surface area contributed by atoms with E-state index in [-0.39, 0.29) is 18.3 Å². The van der Waals surface area contributed by atoms with Gasteiger partial charge in [0.1, 0.15) is 5.75 Å². The number of amides is 1. The normalized spacial score (nSPS) is 10.5. The number of halogens is 1. The first-order chi connectivity index (χ1) is 11.8. The fraction of sp³-hybridized carbons (Fsp3) is 0.350. The van der Waals surface area contributed by atoms with E-state index in [9.17, 15) is 9.18 Å². The Morgan fingerprint density at radius 3 is 2.48 bits per heavy atom. The first-order valence-corrected chi connectivity index (χ1v) is 8.09. The van der Waals surface area contributed by atoms with Crippen molar-refractivity contribution in [3.05, 3.63) is 58.4 Å². The molecular weight excluding hydrogens is 321 g/mol. The van der Waals surface area contributed by atoms with Gasteiger partial charge in [0.2, 0.25) is 0 Å². The third-order valence-electron chi connectivity index (χ3n) is 4.18. The summed E-state index contributed by atoms with van der Waals surface area (Å²) in [6, 6.07) is 8.67. The van der Waals surface area contributed by atoms with Crippen LogP contribution in [0, 0.1) is 26.6 Å². The maximum Gasteiger partial charge on any atom is 0.260 e. The van der Waals surface area contributed by atoms with E-state index in [2.05, 4.69) is 6.07 Å². The molecule has 0 atom stereocenters. The molecule has 2 aromatic carbocycles. The molecule has 2 aromatic rings. The molecule has 5 heteroatoms. The summed E-state index contributed by atoms with van der Waals surface area (Å²) in [6.45, 7) is 6.22. The third-order valence-corrected chi connectivity index (χ3v) is 4.18. The molecule has 134 valence electrons. The Labute approximate surface area is 148 Å². The molecule has 0 fully saturated rings. The van der Waals surface area contributed by atoms with Crippen LogP contribution in [0.1, 0.15) is 22.3 Å². The summed E-state index contributed by atoms with van der Waals surface area (Å²) in [5.74, 6) is 0.291. The maximum atomic E-state index is 13.7. The number of benzene rings is 2. The van der Waals surface area contributed by atoms with Gasteiger partial charge in [-0.25, -0.2) is 4.39 Å². The zero-order valence-electron chi connectivity index (χ0n) is 15.4. The Morgan fingerprint density at radius 2 is 1.84 bits per heavy atom. The fourth-order valence-corrected chi connectivity index (χ4v) is 2.57. The van der Waals surface area contributed by atoms with Gasteiger partial charge in [-0.15, -0.1) is 0 Å². The number of hydrogen-bond donors (Lipinski definition) is 0. The summed E-state index contributed by atoms with van der Waals surface area (Å²) < 4.78 is 24.3. The smallest absolute Gasteiger partial charge is 0.260 e. The average Bonchev–Trinajstić information content (AvgIpc) is 2.56. The number of rotatable bonds is 6. The molecule has 4 nitrogen and oxygen atoms in total. The van der Waals surface area contributed by atoms with Crippen molar-refractivity contribution in [1.29, 1.82) is 0 Å². The van der Waals surface area contributed by atoms with Gasteiger partial charge in [-0.3, -0.25) is 4.79 Å². The molecule has 1 amide bonds. The zero-order chi connectivity index (χ0) is 18.6. The summed E-state index contributed by atoms with van der Waals surface area (Å²) in [5, 5.41) is 0. The van der Waals surface area contributed by atoms with Crippen molar-refractivity contribution >= 4 is 5.91 Å². The van der Waals surface area contributed by atoms with E-state index < -0.39 is 5.82 Å². The summed E-state index contributed by atoms with van der Waals surface area (Å²) in [7, 11) is 3.09. The van der Waals surface area contributed by atoms with Crippen LogP contribution in [0.4, 0.5) is 4.39 Å². The largest absolute Gasteiger partial charge is 0.494 e. The Balaban J connectivity index is 1.98. The lowest BCUT2D eigenvalue weighted by Crippen LogP contribution is -2.31. The molecule has 0 spiro atoms. The van der Waals surface area contributed by atoms with Crippen molar-refractivity contribution in [3.8, 4) is 11.5 Å². The van der Waals surface area contributed by atoms with Crippen LogP contribution in [-0.4, -0.2) is 31.6 Å². The SMILES string of the molecule is COc1ccc(CN(C)C(=O)COc2cc(C)cc(C)c2C)cc1F. The van der Waals surface area contributed by atoms with Gasteiger partial charge in [0, 0.05) is 13.6 Å². The molecule has 2 rings (SSSR count). The molecular formula is C20H24FNO3. The van der Waals surface area contributed by atoms with Crippen LogP contribution in [0.3, 0.4) is 0 Å². The van der Waals surface area contributed by atoms with Crippen LogP contribution in [0.5, 0.6) is 11.5 Å². The Morgan fingerprint density at radius 1 is 1.12 bits per heavy atom. The van der Waals surface area contributed by atoms with Gasteiger partial charge in [0.25, 0.3) is 5.91 Å². The monoisotopic (exact) mass is 345 g/mol. The van der Waals surface area contributed by atoms with Crippen molar-refractivity contribution in [2.75, 3.05) is 20.8 Å². The Bertz CT molecular complexity index is 774. The van der Waals surface area contributed by atoms with Gasteiger partial charge in [0.05, 0.1) is 7.11 Å². The fourth-order valence-electron chi connectivity index (χ4n) is 2.57. The summed E-state index contributed by atoms with van der Waals surface area (Å²) in [5.41, 5.74) is 3.94. The Hall–Kier alpha value is -2.56. The van der Waals surface area contributed by atoms with Gasteiger partial charge in [-0.05, 0) is 61.2 Å². The third kappa shape index (κ3) is 4.72. The molecule has 0 unspecified atom stereocenters. The average molecular weight is 345 g/mol. The van der Waals surface area contributed by atoms with Crippen LogP contribution >= 0.6 is 0 Å². The molecule has 0 N–H and O–H groups in total. The van der Waals surface area contributed by atoms with Crippen LogP contribution in [0.25, 0.3) is 0 Å². The van der Waals surface area contributed by atoms with E-state index in [0.717, 1.165) is 22.4 Å². The molecule has 0 aromatic heterocycles. The lowest BCUT2D eigenvalue weighted by molar-refractivity contribution is -0.132. The number of ether oxygens (including phenoxy) is 2. The predicted octanol–water partition coefficient (Wildman–Crippen LogP) is 3.80. The maximum absolute atomic E-state index is 13.7. The van der Waals surface area contributed by atoms with E-state index in [4.69, 9.17) is 9.47 Å². The van der Waals surface area contributed by atoms with Crippen LogP contribution < -0.4 is 9.47 Å². The zero-order valence-corrected chi connectivity index (χ0v) is 15.4. The highest BCUT2D eigenvalue weighted by atomic mass is 19.1. The highest BCUT2D eigenvalue weighted by Gasteiger charge is 2.13. The molecule has 25 heavy (non-hydrogen) atoms. The summed E-state index contributed by atoms with van der Waals surface area (Å²) in [6.07, 6.45) is 0. The van der Waals surface area contributed by atoms with E-state index in [1.54, 1.807) is 19.2 Å². The summed E-state index contributed by atoms with van der Waals surface area (Å²) >= 11 is 0. The number of nitrogens with zero attached hydrogens (tertiary/aromatic N) is 1. The van der Waals surface area contributed by atoms with E-state index in [1.165, 1.54) is 18.1 Å². The van der Waals surface area contributed by atoms with Gasteiger partial charge in [-0.2, -0.15) is 0 Å². The Kier molecular flexibility index (Phi) is 6.02. The van der Waals surface area contributed by atoms with Crippen molar-refractivity contribution in [2.24, 2.45) is 0 Å². The second-order valence-corrected chi connectivity index (χ2v) is 6.21. The second kappa shape index (κ2) is 8.01. The highest BCUT2D eigenvalue weighted by Crippen LogP contribution is 2.23. The van der Waals surface area contributed by atoms with Gasteiger partial charge >= 0.3 is 0 Å². The van der Waals surface area contributed by atoms with Crippen molar-refractivity contribution in [2.45, 2.75) is 27.3 Å². The van der Waals surface area contributed by atoms with Crippen molar-refractivity contribution in [1.82, 2.24) is 4.90 Å². The van der Waals surface area contributed by atoms with Crippen LogP contribution in [-0.2, 0) is 11.3 Å². The topological polar surface area (TPSA) is 38.8 Å². The minimum Gasteiger partial charge on any atom is -0.494 e. The minimum atomic E-state index is -0.442. The van der Waals surface area contributed by atoms with Gasteiger partial charge < -0.3 is 14.4 Å². The van der Waals surface area contributed by atoms with Crippen molar-refractivity contribution < 1.29 is 18.7 Å². The lowest BCUT2D eigenvalue weighted by Gasteiger charge is -2.19. The highest BCUT2D eigenvalue weighted by molar-refractivity contribution is 5.77. The van der Waals surface area contributed by atoms with Gasteiger partial charge in [0.15, 0.2) is 18.2 Å². The van der Waals surface area contributed by atoms with Crippen LogP contribution in [0.2, 0.25) is 0 Å². The molecule has 0 heterocycles. The van der Waals surface area contributed by atoms with Gasteiger partial charge in [-0.1, -0.05) is 12.1 Å². The molecule has 0 aliphatic rings. The second-order valence-electron chi connectivity index (χ2n) is 6.21. The lowest BCUT2D eigenvalue weighted by atomic mass is 10.1. The number of methoxy groups -OCH3 is 1. The number of hydrogen-bond acceptors (Lipinski definition) is 3. The molecule has 0 saturated heterocycles. The minimum absolute atomic E-state index is 0.0567. The first-order valence-electron chi connectivity index (χ1n) is 8.09. The first kappa shape index (κ1) is 18.8. The molecule has 0 bridgehead atoms. The quantitative estimate of drug-likeness (QED) is 0.799.